The number of rotatable bonds is 4. The summed E-state index contributed by atoms with van der Waals surface area (Å²) in [5.74, 6) is -0.0105. The maximum Gasteiger partial charge on any atom is 0.0789 e. The average Bonchev–Trinajstić information content (AvgIpc) is 2.62. The number of nitrogens with two attached hydrogens (primary N) is 1. The van der Waals surface area contributed by atoms with Gasteiger partial charge >= 0.3 is 0 Å². The van der Waals surface area contributed by atoms with Crippen LogP contribution < -0.4 is 5.73 Å². The van der Waals surface area contributed by atoms with Gasteiger partial charge in [-0.05, 0) is 5.56 Å². The van der Waals surface area contributed by atoms with Crippen molar-refractivity contribution in [3.05, 3.63) is 48.0 Å². The van der Waals surface area contributed by atoms with Gasteiger partial charge in [0.2, 0.25) is 0 Å². The topological polar surface area (TPSA) is 55.5 Å². The van der Waals surface area contributed by atoms with Crippen molar-refractivity contribution < 1.29 is 9.84 Å². The summed E-state index contributed by atoms with van der Waals surface area (Å²) in [6, 6.07) is 9.88. The third-order valence-corrected chi connectivity index (χ3v) is 2.89. The summed E-state index contributed by atoms with van der Waals surface area (Å²) in [4.78, 5) is 0. The Morgan fingerprint density at radius 1 is 1.19 bits per heavy atom. The zero-order valence-corrected chi connectivity index (χ0v) is 9.12. The fourth-order valence-electron chi connectivity index (χ4n) is 1.85. The van der Waals surface area contributed by atoms with Gasteiger partial charge < -0.3 is 15.6 Å². The molecule has 1 aliphatic rings. The average molecular weight is 219 g/mol. The maximum atomic E-state index is 9.61. The van der Waals surface area contributed by atoms with Crippen LogP contribution in [0.2, 0.25) is 0 Å². The first-order chi connectivity index (χ1) is 7.77. The molecule has 3 N–H and O–H groups in total. The van der Waals surface area contributed by atoms with Gasteiger partial charge in [-0.3, -0.25) is 0 Å². The maximum absolute atomic E-state index is 9.61. The minimum Gasteiger partial charge on any atom is -0.389 e. The van der Waals surface area contributed by atoms with Crippen molar-refractivity contribution in [1.82, 2.24) is 0 Å². The van der Waals surface area contributed by atoms with Crippen molar-refractivity contribution in [2.24, 2.45) is 11.7 Å². The van der Waals surface area contributed by atoms with E-state index in [9.17, 15) is 5.11 Å². The van der Waals surface area contributed by atoms with E-state index in [1.165, 1.54) is 0 Å². The van der Waals surface area contributed by atoms with Crippen LogP contribution in [0.5, 0.6) is 0 Å². The van der Waals surface area contributed by atoms with E-state index >= 15 is 0 Å². The molecule has 0 fully saturated rings. The van der Waals surface area contributed by atoms with E-state index in [-0.39, 0.29) is 12.0 Å². The molecule has 0 amide bonds. The molecule has 1 aliphatic carbocycles. The molecule has 0 bridgehead atoms. The summed E-state index contributed by atoms with van der Waals surface area (Å²) >= 11 is 0. The van der Waals surface area contributed by atoms with Gasteiger partial charge in [0.25, 0.3) is 0 Å². The van der Waals surface area contributed by atoms with Crippen LogP contribution in [-0.4, -0.2) is 23.9 Å². The van der Waals surface area contributed by atoms with Gasteiger partial charge in [-0.2, -0.15) is 0 Å². The van der Waals surface area contributed by atoms with Crippen LogP contribution in [0.3, 0.4) is 0 Å². The van der Waals surface area contributed by atoms with Gasteiger partial charge in [0.15, 0.2) is 0 Å². The molecule has 2 rings (SSSR count). The van der Waals surface area contributed by atoms with Crippen molar-refractivity contribution in [2.75, 3.05) is 6.61 Å². The summed E-state index contributed by atoms with van der Waals surface area (Å²) in [6.45, 7) is 1.06. The van der Waals surface area contributed by atoms with Crippen molar-refractivity contribution >= 4 is 0 Å². The fraction of sp³-hybridized carbons (Fsp3) is 0.385. The van der Waals surface area contributed by atoms with E-state index in [1.807, 2.05) is 36.4 Å². The molecule has 1 aromatic rings. The van der Waals surface area contributed by atoms with E-state index in [0.29, 0.717) is 13.2 Å². The predicted octanol–water partition coefficient (Wildman–Crippen LogP) is 1.08. The normalized spacial score (nSPS) is 28.5. The lowest BCUT2D eigenvalue weighted by molar-refractivity contribution is 0.0411. The molecular weight excluding hydrogens is 202 g/mol. The molecule has 0 heterocycles. The standard InChI is InChI=1S/C13H17NO2/c14-12-6-7-13(15)11(12)9-16-8-10-4-2-1-3-5-10/h1-7,11-13,15H,8-9,14H2/t11-,12+,13-/m0/s1. The van der Waals surface area contributed by atoms with Crippen LogP contribution in [0.25, 0.3) is 0 Å². The highest BCUT2D eigenvalue weighted by Gasteiger charge is 2.27. The molecule has 0 spiro atoms. The fourth-order valence-corrected chi connectivity index (χ4v) is 1.85. The second-order valence-corrected chi connectivity index (χ2v) is 4.12. The van der Waals surface area contributed by atoms with Crippen molar-refractivity contribution in [3.8, 4) is 0 Å². The largest absolute Gasteiger partial charge is 0.389 e. The van der Waals surface area contributed by atoms with E-state index < -0.39 is 6.10 Å². The van der Waals surface area contributed by atoms with E-state index in [1.54, 1.807) is 6.08 Å². The summed E-state index contributed by atoms with van der Waals surface area (Å²) in [7, 11) is 0. The molecule has 0 saturated heterocycles. The predicted molar refractivity (Wildman–Crippen MR) is 62.7 cm³/mol. The van der Waals surface area contributed by atoms with Crippen molar-refractivity contribution in [1.29, 1.82) is 0 Å². The van der Waals surface area contributed by atoms with E-state index in [2.05, 4.69) is 0 Å². The van der Waals surface area contributed by atoms with Gasteiger partial charge in [-0.25, -0.2) is 0 Å². The molecule has 86 valence electrons. The Labute approximate surface area is 95.5 Å². The molecule has 0 aromatic heterocycles. The first kappa shape index (κ1) is 11.3. The van der Waals surface area contributed by atoms with Crippen LogP contribution in [0.4, 0.5) is 0 Å². The third-order valence-electron chi connectivity index (χ3n) is 2.89. The summed E-state index contributed by atoms with van der Waals surface area (Å²) < 4.78 is 5.56. The van der Waals surface area contributed by atoms with Gasteiger partial charge in [-0.1, -0.05) is 42.5 Å². The minimum absolute atomic E-state index is 0.0105. The lowest BCUT2D eigenvalue weighted by Gasteiger charge is -2.19. The zero-order chi connectivity index (χ0) is 11.4. The van der Waals surface area contributed by atoms with Gasteiger partial charge in [0.05, 0.1) is 19.3 Å². The third kappa shape index (κ3) is 2.70. The Morgan fingerprint density at radius 3 is 2.56 bits per heavy atom. The Balaban J connectivity index is 1.76. The van der Waals surface area contributed by atoms with E-state index in [4.69, 9.17) is 10.5 Å². The molecule has 3 atom stereocenters. The Morgan fingerprint density at radius 2 is 1.94 bits per heavy atom. The molecule has 0 saturated carbocycles. The SMILES string of the molecule is N[C@@H]1C=C[C@H](O)[C@H]1COCc1ccccc1. The lowest BCUT2D eigenvalue weighted by atomic mass is 10.0. The zero-order valence-electron chi connectivity index (χ0n) is 9.12. The number of aliphatic hydroxyl groups is 1. The number of hydrogen-bond acceptors (Lipinski definition) is 3. The summed E-state index contributed by atoms with van der Waals surface area (Å²) in [5.41, 5.74) is 6.96. The number of ether oxygens (including phenoxy) is 1. The quantitative estimate of drug-likeness (QED) is 0.745. The van der Waals surface area contributed by atoms with Crippen LogP contribution in [-0.2, 0) is 11.3 Å². The Bertz CT molecular complexity index is 338. The smallest absolute Gasteiger partial charge is 0.0789 e. The van der Waals surface area contributed by atoms with Gasteiger partial charge in [-0.15, -0.1) is 0 Å². The lowest BCUT2D eigenvalue weighted by Crippen LogP contribution is -2.34. The molecule has 0 unspecified atom stereocenters. The number of aliphatic hydroxyl groups excluding tert-OH is 1. The molecule has 3 nitrogen and oxygen atoms in total. The highest BCUT2D eigenvalue weighted by Crippen LogP contribution is 2.18. The van der Waals surface area contributed by atoms with Gasteiger partial charge in [0, 0.05) is 12.0 Å². The van der Waals surface area contributed by atoms with Crippen LogP contribution >= 0.6 is 0 Å². The monoisotopic (exact) mass is 219 g/mol. The second kappa shape index (κ2) is 5.25. The molecular formula is C13H17NO2. The minimum atomic E-state index is -0.467. The molecule has 16 heavy (non-hydrogen) atoms. The summed E-state index contributed by atoms with van der Waals surface area (Å²) in [6.07, 6.45) is 3.10. The summed E-state index contributed by atoms with van der Waals surface area (Å²) in [5, 5.41) is 9.61. The highest BCUT2D eigenvalue weighted by molar-refractivity contribution is 5.14. The van der Waals surface area contributed by atoms with Crippen LogP contribution in [0.15, 0.2) is 42.5 Å². The van der Waals surface area contributed by atoms with Crippen molar-refractivity contribution in [3.63, 3.8) is 0 Å². The Kier molecular flexibility index (Phi) is 3.72. The highest BCUT2D eigenvalue weighted by atomic mass is 16.5. The number of benzene rings is 1. The van der Waals surface area contributed by atoms with Crippen LogP contribution in [0, 0.1) is 5.92 Å². The van der Waals surface area contributed by atoms with Gasteiger partial charge in [0.1, 0.15) is 0 Å². The first-order valence-corrected chi connectivity index (χ1v) is 5.51. The number of hydrogen-bond donors (Lipinski definition) is 2. The van der Waals surface area contributed by atoms with E-state index in [0.717, 1.165) is 5.56 Å². The van der Waals surface area contributed by atoms with Crippen LogP contribution in [0.1, 0.15) is 5.56 Å². The molecule has 3 heteroatoms. The molecule has 0 radical (unpaired) electrons. The molecule has 0 aliphatic heterocycles. The Hall–Kier alpha value is -1.16. The van der Waals surface area contributed by atoms with Crippen molar-refractivity contribution in [2.45, 2.75) is 18.8 Å². The molecule has 1 aromatic carbocycles. The first-order valence-electron chi connectivity index (χ1n) is 5.51. The second-order valence-electron chi connectivity index (χ2n) is 4.12.